The largest absolute Gasteiger partial charge is 0.352 e. The van der Waals surface area contributed by atoms with Crippen molar-refractivity contribution in [3.63, 3.8) is 0 Å². The Kier molecular flexibility index (Phi) is 6.00. The second kappa shape index (κ2) is 9.02. The van der Waals surface area contributed by atoms with Crippen molar-refractivity contribution in [2.45, 2.75) is 13.0 Å². The van der Waals surface area contributed by atoms with Crippen molar-refractivity contribution in [2.24, 2.45) is 0 Å². The van der Waals surface area contributed by atoms with Gasteiger partial charge in [-0.1, -0.05) is 54.1 Å². The molecular weight excluding hydrogens is 414 g/mol. The monoisotopic (exact) mass is 433 g/mol. The van der Waals surface area contributed by atoms with Crippen molar-refractivity contribution in [3.05, 3.63) is 115 Å². The smallest absolute Gasteiger partial charge is 0.329 e. The maximum atomic E-state index is 12.7. The maximum Gasteiger partial charge on any atom is 0.329 e. The molecule has 0 unspecified atom stereocenters. The molecule has 0 saturated carbocycles. The third-order valence-corrected chi connectivity index (χ3v) is 5.45. The zero-order valence-electron chi connectivity index (χ0n) is 16.6. The Morgan fingerprint density at radius 3 is 2.42 bits per heavy atom. The summed E-state index contributed by atoms with van der Waals surface area (Å²) in [5.41, 5.74) is 1.92. The van der Waals surface area contributed by atoms with Gasteiger partial charge in [0.15, 0.2) is 0 Å². The molecule has 0 fully saturated rings. The number of hydrogen-bond donors (Lipinski definition) is 2. The zero-order valence-corrected chi connectivity index (χ0v) is 17.4. The van der Waals surface area contributed by atoms with Crippen LogP contribution >= 0.6 is 11.6 Å². The Balaban J connectivity index is 1.43. The molecule has 1 aromatic heterocycles. The van der Waals surface area contributed by atoms with Crippen molar-refractivity contribution in [1.29, 1.82) is 0 Å². The van der Waals surface area contributed by atoms with E-state index in [0.29, 0.717) is 34.5 Å². The molecule has 0 aliphatic carbocycles. The highest BCUT2D eigenvalue weighted by atomic mass is 35.5. The number of carbonyl (C=O) groups is 1. The van der Waals surface area contributed by atoms with E-state index in [-0.39, 0.29) is 18.0 Å². The first-order chi connectivity index (χ1) is 15.0. The molecule has 4 aromatic rings. The molecule has 4 rings (SSSR count). The maximum absolute atomic E-state index is 12.7. The van der Waals surface area contributed by atoms with Gasteiger partial charge in [-0.25, -0.2) is 4.79 Å². The summed E-state index contributed by atoms with van der Waals surface area (Å²) in [7, 11) is 0. The minimum absolute atomic E-state index is 0.118. The number of aromatic nitrogens is 2. The van der Waals surface area contributed by atoms with E-state index in [1.807, 2.05) is 24.3 Å². The molecule has 0 radical (unpaired) electrons. The van der Waals surface area contributed by atoms with Crippen LogP contribution in [0.3, 0.4) is 0 Å². The molecule has 7 heteroatoms. The normalized spacial score (nSPS) is 10.9. The molecule has 3 aromatic carbocycles. The SMILES string of the molecule is O=C(NCCc1ccccc1Cl)c1ccc(Cn2c(=O)[nH]c3ccccc3c2=O)cc1. The van der Waals surface area contributed by atoms with Crippen LogP contribution in [0.2, 0.25) is 5.02 Å². The molecule has 0 bridgehead atoms. The first-order valence-electron chi connectivity index (χ1n) is 9.85. The van der Waals surface area contributed by atoms with Crippen LogP contribution in [-0.4, -0.2) is 22.0 Å². The van der Waals surface area contributed by atoms with Gasteiger partial charge in [-0.05, 0) is 47.9 Å². The highest BCUT2D eigenvalue weighted by Crippen LogP contribution is 2.15. The third-order valence-electron chi connectivity index (χ3n) is 5.08. The number of H-pyrrole nitrogens is 1. The number of nitrogens with one attached hydrogen (secondary N) is 2. The Bertz CT molecular complexity index is 1360. The van der Waals surface area contributed by atoms with Gasteiger partial charge in [-0.15, -0.1) is 0 Å². The van der Waals surface area contributed by atoms with E-state index in [2.05, 4.69) is 10.3 Å². The molecule has 156 valence electrons. The fourth-order valence-corrected chi connectivity index (χ4v) is 3.63. The van der Waals surface area contributed by atoms with E-state index in [1.165, 1.54) is 0 Å². The fourth-order valence-electron chi connectivity index (χ4n) is 3.40. The Morgan fingerprint density at radius 2 is 1.65 bits per heavy atom. The quantitative estimate of drug-likeness (QED) is 0.489. The van der Waals surface area contributed by atoms with E-state index in [4.69, 9.17) is 11.6 Å². The first-order valence-corrected chi connectivity index (χ1v) is 10.2. The van der Waals surface area contributed by atoms with Gasteiger partial charge in [0.05, 0.1) is 17.4 Å². The predicted octanol–water partition coefficient (Wildman–Crippen LogP) is 3.36. The molecule has 1 amide bonds. The van der Waals surface area contributed by atoms with Gasteiger partial charge in [-0.3, -0.25) is 14.2 Å². The minimum atomic E-state index is -0.468. The van der Waals surface area contributed by atoms with Gasteiger partial charge in [0.25, 0.3) is 11.5 Å². The van der Waals surface area contributed by atoms with Crippen LogP contribution in [0, 0.1) is 0 Å². The zero-order chi connectivity index (χ0) is 21.8. The van der Waals surface area contributed by atoms with Gasteiger partial charge >= 0.3 is 5.69 Å². The van der Waals surface area contributed by atoms with Crippen LogP contribution in [0.4, 0.5) is 0 Å². The molecular formula is C24H20ClN3O3. The molecule has 6 nitrogen and oxygen atoms in total. The summed E-state index contributed by atoms with van der Waals surface area (Å²) in [6.07, 6.45) is 0.636. The lowest BCUT2D eigenvalue weighted by molar-refractivity contribution is 0.0954. The fraction of sp³-hybridized carbons (Fsp3) is 0.125. The number of nitrogens with zero attached hydrogens (tertiary/aromatic N) is 1. The molecule has 0 aliphatic rings. The van der Waals surface area contributed by atoms with Crippen LogP contribution in [0.15, 0.2) is 82.4 Å². The highest BCUT2D eigenvalue weighted by Gasteiger charge is 2.09. The molecule has 0 atom stereocenters. The van der Waals surface area contributed by atoms with Gasteiger partial charge in [-0.2, -0.15) is 0 Å². The topological polar surface area (TPSA) is 84.0 Å². The second-order valence-electron chi connectivity index (χ2n) is 7.16. The van der Waals surface area contributed by atoms with Crippen molar-refractivity contribution >= 4 is 28.4 Å². The average Bonchev–Trinajstić information content (AvgIpc) is 2.78. The number of carbonyl (C=O) groups excluding carboxylic acids is 1. The van der Waals surface area contributed by atoms with Gasteiger partial charge < -0.3 is 10.3 Å². The summed E-state index contributed by atoms with van der Waals surface area (Å²) in [6.45, 7) is 0.583. The molecule has 0 spiro atoms. The Labute approximate surface area is 183 Å². The number of amides is 1. The molecule has 2 N–H and O–H groups in total. The van der Waals surface area contributed by atoms with Crippen LogP contribution in [0.5, 0.6) is 0 Å². The molecule has 1 heterocycles. The summed E-state index contributed by atoms with van der Waals surface area (Å²) >= 11 is 6.13. The van der Waals surface area contributed by atoms with Crippen molar-refractivity contribution in [3.8, 4) is 0 Å². The van der Waals surface area contributed by atoms with E-state index in [1.54, 1.807) is 48.5 Å². The number of para-hydroxylation sites is 1. The average molecular weight is 434 g/mol. The lowest BCUT2D eigenvalue weighted by atomic mass is 10.1. The van der Waals surface area contributed by atoms with E-state index in [9.17, 15) is 14.4 Å². The number of benzene rings is 3. The lowest BCUT2D eigenvalue weighted by Crippen LogP contribution is -2.35. The third kappa shape index (κ3) is 4.59. The number of hydrogen-bond acceptors (Lipinski definition) is 3. The summed E-state index contributed by atoms with van der Waals surface area (Å²) in [4.78, 5) is 40.1. The van der Waals surface area contributed by atoms with Crippen LogP contribution in [0.1, 0.15) is 21.5 Å². The van der Waals surface area contributed by atoms with Gasteiger partial charge in [0.1, 0.15) is 0 Å². The lowest BCUT2D eigenvalue weighted by Gasteiger charge is -2.09. The summed E-state index contributed by atoms with van der Waals surface area (Å²) < 4.78 is 1.15. The Hall–Kier alpha value is -3.64. The summed E-state index contributed by atoms with van der Waals surface area (Å²) in [5, 5.41) is 4.01. The molecule has 31 heavy (non-hydrogen) atoms. The summed E-state index contributed by atoms with van der Waals surface area (Å²) in [5.74, 6) is -0.195. The van der Waals surface area contributed by atoms with Crippen molar-refractivity contribution < 1.29 is 4.79 Å². The number of rotatable bonds is 6. The number of halogens is 1. The predicted molar refractivity (Wildman–Crippen MR) is 122 cm³/mol. The van der Waals surface area contributed by atoms with Crippen LogP contribution in [-0.2, 0) is 13.0 Å². The summed E-state index contributed by atoms with van der Waals surface area (Å²) in [6, 6.07) is 21.3. The van der Waals surface area contributed by atoms with E-state index < -0.39 is 5.69 Å². The van der Waals surface area contributed by atoms with Gasteiger partial charge in [0.2, 0.25) is 0 Å². The van der Waals surface area contributed by atoms with Crippen LogP contribution in [0.25, 0.3) is 10.9 Å². The standard InChI is InChI=1S/C24H20ClN3O3/c25-20-7-3-1-5-17(20)13-14-26-22(29)18-11-9-16(10-12-18)15-28-23(30)19-6-2-4-8-21(19)27-24(28)31/h1-12H,13-15H2,(H,26,29)(H,27,31). The Morgan fingerprint density at radius 1 is 0.935 bits per heavy atom. The highest BCUT2D eigenvalue weighted by molar-refractivity contribution is 6.31. The van der Waals surface area contributed by atoms with Gasteiger partial charge in [0, 0.05) is 17.1 Å². The first kappa shape index (κ1) is 20.6. The number of aromatic amines is 1. The van der Waals surface area contributed by atoms with E-state index in [0.717, 1.165) is 15.7 Å². The second-order valence-corrected chi connectivity index (χ2v) is 7.57. The van der Waals surface area contributed by atoms with E-state index >= 15 is 0 Å². The molecule has 0 saturated heterocycles. The van der Waals surface area contributed by atoms with Crippen LogP contribution < -0.4 is 16.6 Å². The number of fused-ring (bicyclic) bond motifs is 1. The van der Waals surface area contributed by atoms with Crippen molar-refractivity contribution in [2.75, 3.05) is 6.54 Å². The van der Waals surface area contributed by atoms with Crippen molar-refractivity contribution in [1.82, 2.24) is 14.9 Å². The minimum Gasteiger partial charge on any atom is -0.352 e. The molecule has 0 aliphatic heterocycles.